The first-order valence-corrected chi connectivity index (χ1v) is 8.19. The Bertz CT molecular complexity index is 613. The Kier molecular flexibility index (Phi) is 5.69. The van der Waals surface area contributed by atoms with Gasteiger partial charge in [-0.2, -0.15) is 11.0 Å². The van der Waals surface area contributed by atoms with Gasteiger partial charge in [0.15, 0.2) is 0 Å². The van der Waals surface area contributed by atoms with E-state index in [2.05, 4.69) is 11.0 Å². The number of hydrogen-bond acceptors (Lipinski definition) is 6. The predicted octanol–water partition coefficient (Wildman–Crippen LogP) is 1.57. The summed E-state index contributed by atoms with van der Waals surface area (Å²) in [4.78, 5) is 5.23. The molecule has 0 radical (unpaired) electrons. The number of furan rings is 1. The minimum absolute atomic E-state index is 0.389. The summed E-state index contributed by atoms with van der Waals surface area (Å²) in [7, 11) is -1.53. The van der Waals surface area contributed by atoms with Crippen LogP contribution in [0.5, 0.6) is 0 Å². The van der Waals surface area contributed by atoms with E-state index in [0.29, 0.717) is 12.3 Å². The molecule has 1 aromatic carbocycles. The van der Waals surface area contributed by atoms with Gasteiger partial charge < -0.3 is 14.5 Å². The van der Waals surface area contributed by atoms with Crippen LogP contribution >= 0.6 is 0 Å². The lowest BCUT2D eigenvalue weighted by molar-refractivity contribution is -0.0537. The normalized spacial score (nSPS) is 17.0. The molecule has 3 rings (SSSR count). The van der Waals surface area contributed by atoms with Crippen molar-refractivity contribution in [2.45, 2.75) is 38.0 Å². The van der Waals surface area contributed by atoms with Crippen LogP contribution in [-0.2, 0) is 11.4 Å². The second-order valence-electron chi connectivity index (χ2n) is 6.20. The van der Waals surface area contributed by atoms with Crippen LogP contribution in [0.3, 0.4) is 0 Å². The van der Waals surface area contributed by atoms with E-state index in [4.69, 9.17) is 9.36 Å². The number of hydrogen-bond donors (Lipinski definition) is 4. The van der Waals surface area contributed by atoms with Crippen LogP contribution in [0.4, 0.5) is 0 Å². The third kappa shape index (κ3) is 4.34. The van der Waals surface area contributed by atoms with Crippen molar-refractivity contribution in [3.05, 3.63) is 36.1 Å². The molecule has 1 saturated carbocycles. The number of hydroxylamine groups is 2. The Morgan fingerprint density at radius 2 is 2.04 bits per heavy atom. The summed E-state index contributed by atoms with van der Waals surface area (Å²) < 4.78 is 5.48. The van der Waals surface area contributed by atoms with E-state index in [1.807, 2.05) is 24.3 Å². The van der Waals surface area contributed by atoms with Crippen molar-refractivity contribution in [2.75, 3.05) is 6.54 Å². The van der Waals surface area contributed by atoms with Gasteiger partial charge >= 0.3 is 7.12 Å². The summed E-state index contributed by atoms with van der Waals surface area (Å²) in [5.74, 6) is -0.000739. The molecule has 0 aliphatic heterocycles. The van der Waals surface area contributed by atoms with Gasteiger partial charge in [-0.15, -0.1) is 0 Å². The molecule has 0 spiro atoms. The quantitative estimate of drug-likeness (QED) is 0.336. The van der Waals surface area contributed by atoms with Gasteiger partial charge in [-0.05, 0) is 36.8 Å². The Balaban J connectivity index is 1.52. The van der Waals surface area contributed by atoms with Crippen LogP contribution in [0, 0.1) is 5.92 Å². The molecule has 1 heterocycles. The number of nitrogens with one attached hydrogen (secondary N) is 2. The first-order valence-electron chi connectivity index (χ1n) is 8.19. The lowest BCUT2D eigenvalue weighted by Crippen LogP contribution is -2.47. The summed E-state index contributed by atoms with van der Waals surface area (Å²) in [6.45, 7) is 0.774. The van der Waals surface area contributed by atoms with E-state index in [9.17, 15) is 10.0 Å². The molecule has 0 bridgehead atoms. The Morgan fingerprint density at radius 3 is 2.83 bits per heavy atom. The smallest absolute Gasteiger partial charge is 0.464 e. The molecule has 124 valence electrons. The lowest BCUT2D eigenvalue weighted by atomic mass is 9.76. The number of fused-ring (bicyclic) bond motifs is 1. The SMILES string of the molecule is OB(O)[C@H](Cc1coc2ccccc12)NONCC1CCCC1. The first-order chi connectivity index (χ1) is 11.2. The van der Waals surface area contributed by atoms with Gasteiger partial charge in [0.25, 0.3) is 0 Å². The Hall–Kier alpha value is -1.38. The largest absolute Gasteiger partial charge is 0.472 e. The molecule has 2 aromatic rings. The van der Waals surface area contributed by atoms with Gasteiger partial charge in [-0.25, -0.2) is 4.94 Å². The van der Waals surface area contributed by atoms with Crippen LogP contribution in [-0.4, -0.2) is 29.7 Å². The van der Waals surface area contributed by atoms with Crippen molar-refractivity contribution in [1.82, 2.24) is 11.0 Å². The zero-order chi connectivity index (χ0) is 16.1. The van der Waals surface area contributed by atoms with Crippen molar-refractivity contribution < 1.29 is 19.4 Å². The van der Waals surface area contributed by atoms with E-state index < -0.39 is 13.1 Å². The molecule has 1 aromatic heterocycles. The van der Waals surface area contributed by atoms with Crippen molar-refractivity contribution >= 4 is 18.1 Å². The van der Waals surface area contributed by atoms with E-state index in [1.54, 1.807) is 6.26 Å². The zero-order valence-corrected chi connectivity index (χ0v) is 13.1. The molecule has 0 unspecified atom stereocenters. The molecule has 0 amide bonds. The maximum absolute atomic E-state index is 9.55. The summed E-state index contributed by atoms with van der Waals surface area (Å²) in [6.07, 6.45) is 7.05. The highest BCUT2D eigenvalue weighted by Gasteiger charge is 2.26. The molecule has 1 aliphatic rings. The molecule has 1 aliphatic carbocycles. The molecule has 6 nitrogen and oxygen atoms in total. The van der Waals surface area contributed by atoms with E-state index in [-0.39, 0.29) is 0 Å². The summed E-state index contributed by atoms with van der Waals surface area (Å²) in [6, 6.07) is 7.67. The van der Waals surface area contributed by atoms with Gasteiger partial charge in [0.05, 0.1) is 12.2 Å². The van der Waals surface area contributed by atoms with Crippen molar-refractivity contribution in [1.29, 1.82) is 0 Å². The zero-order valence-electron chi connectivity index (χ0n) is 13.1. The Labute approximate surface area is 135 Å². The third-order valence-corrected chi connectivity index (χ3v) is 4.49. The van der Waals surface area contributed by atoms with Crippen LogP contribution in [0.25, 0.3) is 11.0 Å². The molecule has 7 heteroatoms. The lowest BCUT2D eigenvalue weighted by Gasteiger charge is -2.18. The van der Waals surface area contributed by atoms with Gasteiger partial charge in [0.2, 0.25) is 0 Å². The third-order valence-electron chi connectivity index (χ3n) is 4.49. The number of benzene rings is 1. The molecular weight excluding hydrogens is 295 g/mol. The summed E-state index contributed by atoms with van der Waals surface area (Å²) in [5.41, 5.74) is 7.26. The second-order valence-corrected chi connectivity index (χ2v) is 6.20. The van der Waals surface area contributed by atoms with Crippen LogP contribution < -0.4 is 11.0 Å². The minimum Gasteiger partial charge on any atom is -0.464 e. The molecule has 23 heavy (non-hydrogen) atoms. The highest BCUT2D eigenvalue weighted by Crippen LogP contribution is 2.24. The minimum atomic E-state index is -1.53. The topological polar surface area (TPSA) is 86.9 Å². The molecular formula is C16H23BN2O4. The van der Waals surface area contributed by atoms with Crippen LogP contribution in [0.15, 0.2) is 34.9 Å². The van der Waals surface area contributed by atoms with Crippen LogP contribution in [0.2, 0.25) is 0 Å². The van der Waals surface area contributed by atoms with Gasteiger partial charge in [-0.3, -0.25) is 0 Å². The average molecular weight is 318 g/mol. The van der Waals surface area contributed by atoms with E-state index in [0.717, 1.165) is 23.1 Å². The number of rotatable bonds is 8. The van der Waals surface area contributed by atoms with Gasteiger partial charge in [0, 0.05) is 11.9 Å². The van der Waals surface area contributed by atoms with Crippen LogP contribution in [0.1, 0.15) is 31.2 Å². The van der Waals surface area contributed by atoms with E-state index in [1.165, 1.54) is 25.7 Å². The fraction of sp³-hybridized carbons (Fsp3) is 0.500. The fourth-order valence-corrected chi connectivity index (χ4v) is 3.13. The Morgan fingerprint density at radius 1 is 1.26 bits per heavy atom. The molecule has 0 saturated heterocycles. The molecule has 1 atom stereocenters. The summed E-state index contributed by atoms with van der Waals surface area (Å²) >= 11 is 0. The molecule has 1 fully saturated rings. The molecule has 4 N–H and O–H groups in total. The van der Waals surface area contributed by atoms with Crippen molar-refractivity contribution in [3.8, 4) is 0 Å². The highest BCUT2D eigenvalue weighted by molar-refractivity contribution is 6.43. The van der Waals surface area contributed by atoms with Crippen molar-refractivity contribution in [2.24, 2.45) is 5.92 Å². The average Bonchev–Trinajstić information content (AvgIpc) is 3.20. The van der Waals surface area contributed by atoms with E-state index >= 15 is 0 Å². The van der Waals surface area contributed by atoms with Crippen molar-refractivity contribution in [3.63, 3.8) is 0 Å². The standard InChI is InChI=1S/C16H23BN2O4/c20-17(21)16(19-23-18-10-12-5-1-2-6-12)9-13-11-22-15-8-4-3-7-14(13)15/h3-4,7-8,11-12,16,18-21H,1-2,5-6,9-10H2/t16-/m0/s1. The maximum atomic E-state index is 9.55. The highest BCUT2D eigenvalue weighted by atomic mass is 16.8. The number of para-hydroxylation sites is 1. The second kappa shape index (κ2) is 7.94. The first kappa shape index (κ1) is 16.5. The fourth-order valence-electron chi connectivity index (χ4n) is 3.13. The summed E-state index contributed by atoms with van der Waals surface area (Å²) in [5, 5.41) is 20.1. The monoisotopic (exact) mass is 318 g/mol. The van der Waals surface area contributed by atoms with Gasteiger partial charge in [-0.1, -0.05) is 31.0 Å². The predicted molar refractivity (Wildman–Crippen MR) is 88.1 cm³/mol. The maximum Gasteiger partial charge on any atom is 0.472 e. The van der Waals surface area contributed by atoms with Gasteiger partial charge in [0.1, 0.15) is 5.58 Å².